The van der Waals surface area contributed by atoms with E-state index >= 15 is 0 Å². The molecule has 0 bridgehead atoms. The molecule has 0 saturated carbocycles. The lowest BCUT2D eigenvalue weighted by atomic mass is 9.90. The van der Waals surface area contributed by atoms with E-state index in [4.69, 9.17) is 0 Å². The highest BCUT2D eigenvalue weighted by molar-refractivity contribution is 5.61. The van der Waals surface area contributed by atoms with Gasteiger partial charge >= 0.3 is 0 Å². The van der Waals surface area contributed by atoms with E-state index < -0.39 is 5.41 Å². The molecule has 2 N–H and O–H groups in total. The summed E-state index contributed by atoms with van der Waals surface area (Å²) >= 11 is 0. The normalized spacial score (nSPS) is 15.7. The van der Waals surface area contributed by atoms with Crippen LogP contribution in [0.2, 0.25) is 0 Å². The number of aromatic nitrogens is 2. The molecule has 0 aliphatic carbocycles. The second-order valence-electron chi connectivity index (χ2n) is 8.55. The first-order valence-corrected chi connectivity index (χ1v) is 10.9. The van der Waals surface area contributed by atoms with Gasteiger partial charge in [0.15, 0.2) is 0 Å². The number of nitriles is 1. The highest BCUT2D eigenvalue weighted by Crippen LogP contribution is 2.24. The van der Waals surface area contributed by atoms with Gasteiger partial charge in [0.2, 0.25) is 0 Å². The number of unbranched alkanes of at least 4 members (excludes halogenated alkanes) is 1. The fraction of sp³-hybridized carbons (Fsp3) is 0.500. The van der Waals surface area contributed by atoms with Gasteiger partial charge in [-0.1, -0.05) is 44.2 Å². The fourth-order valence-electron chi connectivity index (χ4n) is 3.88. The second kappa shape index (κ2) is 9.82. The van der Waals surface area contributed by atoms with Gasteiger partial charge < -0.3 is 10.6 Å². The van der Waals surface area contributed by atoms with Crippen molar-refractivity contribution < 1.29 is 0 Å². The van der Waals surface area contributed by atoms with Crippen LogP contribution in [0.15, 0.2) is 36.9 Å². The zero-order valence-electron chi connectivity index (χ0n) is 18.5. The summed E-state index contributed by atoms with van der Waals surface area (Å²) in [6.45, 7) is 12.4. The van der Waals surface area contributed by atoms with Crippen molar-refractivity contribution in [1.82, 2.24) is 20.0 Å². The molecule has 0 amide bonds. The van der Waals surface area contributed by atoms with Crippen molar-refractivity contribution in [2.45, 2.75) is 39.7 Å². The van der Waals surface area contributed by atoms with Crippen molar-refractivity contribution in [3.05, 3.63) is 53.7 Å². The minimum absolute atomic E-state index is 0.508. The number of hydrogen-bond acceptors (Lipinski definition) is 5. The molecule has 1 aliphatic rings. The second-order valence-corrected chi connectivity index (χ2v) is 8.55. The molecule has 6 nitrogen and oxygen atoms in total. The summed E-state index contributed by atoms with van der Waals surface area (Å²) in [6.07, 6.45) is 3.32. The molecule has 2 aromatic rings. The predicted molar refractivity (Wildman–Crippen MR) is 123 cm³/mol. The van der Waals surface area contributed by atoms with E-state index in [1.807, 2.05) is 24.7 Å². The Kier molecular flexibility index (Phi) is 7.17. The summed E-state index contributed by atoms with van der Waals surface area (Å²) in [6, 6.07) is 13.1. The zero-order chi connectivity index (χ0) is 21.6. The quantitative estimate of drug-likeness (QED) is 0.588. The van der Waals surface area contributed by atoms with Gasteiger partial charge in [-0.15, -0.1) is 0 Å². The lowest BCUT2D eigenvalue weighted by Crippen LogP contribution is -2.43. The van der Waals surface area contributed by atoms with Gasteiger partial charge in [-0.25, -0.2) is 0 Å². The number of aryl methyl sites for hydroxylation is 1. The van der Waals surface area contributed by atoms with Crippen LogP contribution in [0.5, 0.6) is 0 Å². The fourth-order valence-corrected chi connectivity index (χ4v) is 3.88. The number of hydrogen-bond donors (Lipinski definition) is 2. The number of nitrogens with zero attached hydrogens (tertiary/aromatic N) is 4. The Morgan fingerprint density at radius 1 is 1.33 bits per heavy atom. The predicted octanol–water partition coefficient (Wildman–Crippen LogP) is 3.78. The van der Waals surface area contributed by atoms with Crippen LogP contribution in [0.1, 0.15) is 43.5 Å². The molecule has 1 aliphatic heterocycles. The molecule has 1 unspecified atom stereocenters. The number of nitrogens with one attached hydrogen (secondary N) is 2. The Morgan fingerprint density at radius 2 is 2.10 bits per heavy atom. The van der Waals surface area contributed by atoms with E-state index in [1.54, 1.807) is 0 Å². The molecule has 0 saturated heterocycles. The number of fused-ring (bicyclic) bond motifs is 1. The lowest BCUT2D eigenvalue weighted by molar-refractivity contribution is 0.188. The van der Waals surface area contributed by atoms with E-state index in [9.17, 15) is 5.26 Å². The van der Waals surface area contributed by atoms with Gasteiger partial charge in [-0.05, 0) is 30.9 Å². The molecular formula is C24H34N6. The molecular weight excluding hydrogens is 372 g/mol. The van der Waals surface area contributed by atoms with Crippen LogP contribution in [0.25, 0.3) is 5.70 Å². The zero-order valence-corrected chi connectivity index (χ0v) is 18.5. The highest BCUT2D eigenvalue weighted by atomic mass is 15.3. The van der Waals surface area contributed by atoms with Crippen LogP contribution in [-0.4, -0.2) is 40.9 Å². The van der Waals surface area contributed by atoms with Crippen molar-refractivity contribution in [1.29, 1.82) is 5.26 Å². The number of benzene rings is 1. The maximum atomic E-state index is 9.89. The van der Waals surface area contributed by atoms with E-state index in [0.29, 0.717) is 6.54 Å². The number of anilines is 1. The summed E-state index contributed by atoms with van der Waals surface area (Å²) in [5.41, 5.74) is 3.85. The van der Waals surface area contributed by atoms with Crippen LogP contribution in [0.4, 0.5) is 5.82 Å². The first-order chi connectivity index (χ1) is 14.4. The summed E-state index contributed by atoms with van der Waals surface area (Å²) in [7, 11) is 1.93. The average molecular weight is 407 g/mol. The molecule has 1 aromatic carbocycles. The van der Waals surface area contributed by atoms with E-state index in [-0.39, 0.29) is 0 Å². The standard InChI is InChI=1S/C24H34N6/c1-5-6-12-26-23-14-22(28-29(23)4)19(2)27-17-24(3,16-25)18-30-13-11-20-9-7-8-10-21(20)15-30/h7-10,14,26-27H,2,5-6,11-13,15,17-18H2,1,3-4H3. The van der Waals surface area contributed by atoms with Crippen LogP contribution in [-0.2, 0) is 20.0 Å². The van der Waals surface area contributed by atoms with E-state index in [1.165, 1.54) is 11.1 Å². The van der Waals surface area contributed by atoms with Crippen LogP contribution >= 0.6 is 0 Å². The minimum Gasteiger partial charge on any atom is -0.382 e. The molecule has 1 atom stereocenters. The SMILES string of the molecule is C=C(NCC(C)(C#N)CN1CCc2ccccc2C1)c1cc(NCCCC)n(C)n1. The summed E-state index contributed by atoms with van der Waals surface area (Å²) in [5, 5.41) is 21.2. The Morgan fingerprint density at radius 3 is 2.83 bits per heavy atom. The maximum absolute atomic E-state index is 9.89. The molecule has 30 heavy (non-hydrogen) atoms. The molecule has 3 rings (SSSR count). The van der Waals surface area contributed by atoms with Gasteiger partial charge in [0.1, 0.15) is 11.5 Å². The van der Waals surface area contributed by atoms with Crippen molar-refractivity contribution in [2.24, 2.45) is 12.5 Å². The third kappa shape index (κ3) is 5.43. The van der Waals surface area contributed by atoms with Crippen molar-refractivity contribution >= 4 is 11.5 Å². The third-order valence-electron chi connectivity index (χ3n) is 5.77. The van der Waals surface area contributed by atoms with E-state index in [2.05, 4.69) is 64.5 Å². The topological polar surface area (TPSA) is 68.9 Å². The van der Waals surface area contributed by atoms with Crippen LogP contribution in [0.3, 0.4) is 0 Å². The van der Waals surface area contributed by atoms with Crippen LogP contribution in [0, 0.1) is 16.7 Å². The molecule has 160 valence electrons. The summed E-state index contributed by atoms with van der Waals surface area (Å²) < 4.78 is 1.84. The average Bonchev–Trinajstić information content (AvgIpc) is 3.13. The monoisotopic (exact) mass is 406 g/mol. The van der Waals surface area contributed by atoms with Crippen LogP contribution < -0.4 is 10.6 Å². The molecule has 0 radical (unpaired) electrons. The molecule has 0 spiro atoms. The minimum atomic E-state index is -0.508. The lowest BCUT2D eigenvalue weighted by Gasteiger charge is -2.34. The van der Waals surface area contributed by atoms with Gasteiger partial charge in [0.05, 0.1) is 17.2 Å². The van der Waals surface area contributed by atoms with Crippen molar-refractivity contribution in [3.63, 3.8) is 0 Å². The van der Waals surface area contributed by atoms with E-state index in [0.717, 1.165) is 62.7 Å². The van der Waals surface area contributed by atoms with Gasteiger partial charge in [0, 0.05) is 45.8 Å². The van der Waals surface area contributed by atoms with Crippen molar-refractivity contribution in [3.8, 4) is 6.07 Å². The Balaban J connectivity index is 1.56. The first kappa shape index (κ1) is 21.9. The van der Waals surface area contributed by atoms with Crippen molar-refractivity contribution in [2.75, 3.05) is 31.5 Å². The summed E-state index contributed by atoms with van der Waals surface area (Å²) in [5.74, 6) is 0.983. The van der Waals surface area contributed by atoms with Gasteiger partial charge in [0.25, 0.3) is 0 Å². The third-order valence-corrected chi connectivity index (χ3v) is 5.77. The first-order valence-electron chi connectivity index (χ1n) is 10.9. The molecule has 6 heteroatoms. The molecule has 1 aromatic heterocycles. The Bertz CT molecular complexity index is 909. The Hall–Kier alpha value is -2.78. The smallest absolute Gasteiger partial charge is 0.124 e. The Labute approximate surface area is 180 Å². The molecule has 2 heterocycles. The van der Waals surface area contributed by atoms with Gasteiger partial charge in [-0.2, -0.15) is 10.4 Å². The molecule has 0 fully saturated rings. The maximum Gasteiger partial charge on any atom is 0.124 e. The summed E-state index contributed by atoms with van der Waals surface area (Å²) in [4.78, 5) is 2.38. The van der Waals surface area contributed by atoms with Gasteiger partial charge in [-0.3, -0.25) is 9.58 Å². The number of rotatable bonds is 10. The highest BCUT2D eigenvalue weighted by Gasteiger charge is 2.29. The largest absolute Gasteiger partial charge is 0.382 e.